The van der Waals surface area contributed by atoms with Crippen LogP contribution < -0.4 is 0 Å². The van der Waals surface area contributed by atoms with Crippen LogP contribution in [0.3, 0.4) is 0 Å². The molecule has 0 bridgehead atoms. The first-order chi connectivity index (χ1) is 25.3. The van der Waals surface area contributed by atoms with Crippen molar-refractivity contribution in [2.45, 2.75) is 5.41 Å². The largest absolute Gasteiger partial charge is 0.309 e. The van der Waals surface area contributed by atoms with Crippen molar-refractivity contribution in [3.8, 4) is 33.8 Å². The summed E-state index contributed by atoms with van der Waals surface area (Å²) in [6.07, 6.45) is 1.93. The van der Waals surface area contributed by atoms with E-state index in [1.54, 1.807) is 0 Å². The summed E-state index contributed by atoms with van der Waals surface area (Å²) in [6.45, 7) is 0. The maximum Gasteiger partial charge on any atom is 0.0753 e. The third-order valence-electron chi connectivity index (χ3n) is 11.6. The summed E-state index contributed by atoms with van der Waals surface area (Å²) in [5, 5.41) is 5.07. The second kappa shape index (κ2) is 9.71. The summed E-state index contributed by atoms with van der Waals surface area (Å²) in [5.74, 6) is 0. The number of benzene rings is 7. The molecule has 0 fully saturated rings. The predicted octanol–water partition coefficient (Wildman–Crippen LogP) is 11.6. The van der Waals surface area contributed by atoms with E-state index in [1.807, 2.05) is 6.20 Å². The van der Waals surface area contributed by atoms with Gasteiger partial charge in [-0.1, -0.05) is 115 Å². The third kappa shape index (κ3) is 3.31. The van der Waals surface area contributed by atoms with E-state index in [2.05, 4.69) is 179 Å². The molecular weight excluding hydrogens is 619 g/mol. The minimum atomic E-state index is -0.469. The fourth-order valence-electron chi connectivity index (χ4n) is 9.65. The van der Waals surface area contributed by atoms with Gasteiger partial charge in [-0.15, -0.1) is 0 Å². The fourth-order valence-corrected chi connectivity index (χ4v) is 9.65. The van der Waals surface area contributed by atoms with Crippen LogP contribution in [0, 0.1) is 0 Å². The average Bonchev–Trinajstić information content (AvgIpc) is 3.90. The van der Waals surface area contributed by atoms with Gasteiger partial charge in [-0.05, 0) is 88.0 Å². The molecule has 3 aromatic heterocycles. The lowest BCUT2D eigenvalue weighted by molar-refractivity contribution is 0.791. The number of hydrogen-bond donors (Lipinski definition) is 0. The molecule has 0 saturated heterocycles. The Bertz CT molecular complexity index is 2780. The van der Waals surface area contributed by atoms with E-state index in [4.69, 9.17) is 4.98 Å². The number of fused-ring (bicyclic) bond motifs is 16. The summed E-state index contributed by atoms with van der Waals surface area (Å²) in [4.78, 5) is 5.01. The van der Waals surface area contributed by atoms with Crippen LogP contribution in [-0.2, 0) is 5.41 Å². The van der Waals surface area contributed by atoms with Gasteiger partial charge in [0, 0.05) is 44.7 Å². The second-order valence-electron chi connectivity index (χ2n) is 13.9. The van der Waals surface area contributed by atoms with Crippen LogP contribution in [0.1, 0.15) is 22.3 Å². The normalized spacial score (nSPS) is 13.6. The Morgan fingerprint density at radius 3 is 1.27 bits per heavy atom. The van der Waals surface area contributed by atoms with Crippen molar-refractivity contribution in [3.63, 3.8) is 0 Å². The molecule has 12 rings (SSSR count). The summed E-state index contributed by atoms with van der Waals surface area (Å²) in [5.41, 5.74) is 16.7. The molecule has 10 aromatic rings. The molecule has 51 heavy (non-hydrogen) atoms. The smallest absolute Gasteiger partial charge is 0.0753 e. The fraction of sp³-hybridized carbons (Fsp3) is 0.0208. The highest BCUT2D eigenvalue weighted by Gasteiger charge is 2.52. The Morgan fingerprint density at radius 1 is 0.353 bits per heavy atom. The molecule has 0 amide bonds. The van der Waals surface area contributed by atoms with Crippen molar-refractivity contribution in [1.82, 2.24) is 14.1 Å². The number of rotatable bonds is 2. The lowest BCUT2D eigenvalue weighted by atomic mass is 9.71. The maximum atomic E-state index is 5.01. The first-order valence-corrected chi connectivity index (χ1v) is 17.6. The van der Waals surface area contributed by atoms with Crippen molar-refractivity contribution in [3.05, 3.63) is 198 Å². The molecule has 2 aliphatic carbocycles. The summed E-state index contributed by atoms with van der Waals surface area (Å²) < 4.78 is 4.87. The quantitative estimate of drug-likeness (QED) is 0.183. The average molecular weight is 648 g/mol. The van der Waals surface area contributed by atoms with E-state index in [1.165, 1.54) is 82.6 Å². The van der Waals surface area contributed by atoms with Crippen molar-refractivity contribution in [1.29, 1.82) is 0 Å². The molecule has 0 saturated carbocycles. The highest BCUT2D eigenvalue weighted by molar-refractivity contribution is 6.10. The van der Waals surface area contributed by atoms with Crippen LogP contribution in [0.25, 0.3) is 77.4 Å². The van der Waals surface area contributed by atoms with Gasteiger partial charge in [0.25, 0.3) is 0 Å². The molecule has 7 aromatic carbocycles. The topological polar surface area (TPSA) is 22.8 Å². The molecule has 2 aliphatic rings. The standard InChI is InChI=1S/C48H29N3/c1-6-17-39-36(16-1)47-42(18-11-27-49-47)48(39)40-25-23-30(50-43-19-7-2-12-32(43)33-13-3-8-20-44(33)50)28-37(40)38-29-31(24-26-41(38)48)51-45-21-9-4-14-34(45)35-15-5-10-22-46(35)51/h1-29H. The number of pyridine rings is 1. The number of nitrogens with zero attached hydrogens (tertiary/aromatic N) is 3. The van der Waals surface area contributed by atoms with E-state index in [-0.39, 0.29) is 0 Å². The summed E-state index contributed by atoms with van der Waals surface area (Å²) >= 11 is 0. The second-order valence-corrected chi connectivity index (χ2v) is 13.9. The molecule has 3 heterocycles. The molecule has 3 nitrogen and oxygen atoms in total. The monoisotopic (exact) mass is 647 g/mol. The van der Waals surface area contributed by atoms with Crippen LogP contribution >= 0.6 is 0 Å². The third-order valence-corrected chi connectivity index (χ3v) is 11.6. The van der Waals surface area contributed by atoms with Gasteiger partial charge in [-0.25, -0.2) is 0 Å². The molecule has 0 atom stereocenters. The maximum absolute atomic E-state index is 5.01. The minimum absolute atomic E-state index is 0.469. The molecule has 1 spiro atoms. The first-order valence-electron chi connectivity index (χ1n) is 17.6. The number of hydrogen-bond acceptors (Lipinski definition) is 1. The first kappa shape index (κ1) is 27.2. The molecule has 0 aliphatic heterocycles. The highest BCUT2D eigenvalue weighted by Crippen LogP contribution is 2.62. The zero-order chi connectivity index (χ0) is 33.3. The van der Waals surface area contributed by atoms with Crippen molar-refractivity contribution < 1.29 is 0 Å². The van der Waals surface area contributed by atoms with Crippen molar-refractivity contribution in [2.75, 3.05) is 0 Å². The van der Waals surface area contributed by atoms with Crippen LogP contribution in [0.15, 0.2) is 176 Å². The molecule has 236 valence electrons. The van der Waals surface area contributed by atoms with Gasteiger partial charge in [-0.2, -0.15) is 0 Å². The Balaban J connectivity index is 1.20. The Morgan fingerprint density at radius 2 is 0.765 bits per heavy atom. The van der Waals surface area contributed by atoms with Gasteiger partial charge in [0.1, 0.15) is 0 Å². The Hall–Kier alpha value is -6.71. The minimum Gasteiger partial charge on any atom is -0.309 e. The van der Waals surface area contributed by atoms with E-state index in [9.17, 15) is 0 Å². The van der Waals surface area contributed by atoms with E-state index >= 15 is 0 Å². The zero-order valence-electron chi connectivity index (χ0n) is 27.6. The van der Waals surface area contributed by atoms with Crippen molar-refractivity contribution in [2.24, 2.45) is 0 Å². The lowest BCUT2D eigenvalue weighted by Crippen LogP contribution is -2.26. The van der Waals surface area contributed by atoms with Crippen LogP contribution in [-0.4, -0.2) is 14.1 Å². The molecule has 0 N–H and O–H groups in total. The summed E-state index contributed by atoms with van der Waals surface area (Å²) in [7, 11) is 0. The van der Waals surface area contributed by atoms with Gasteiger partial charge < -0.3 is 9.13 Å². The highest BCUT2D eigenvalue weighted by atomic mass is 15.0. The number of para-hydroxylation sites is 4. The van der Waals surface area contributed by atoms with Gasteiger partial charge in [0.15, 0.2) is 0 Å². The van der Waals surface area contributed by atoms with Gasteiger partial charge in [-0.3, -0.25) is 4.98 Å². The van der Waals surface area contributed by atoms with Gasteiger partial charge in [0.05, 0.1) is 33.2 Å². The molecule has 3 heteroatoms. The van der Waals surface area contributed by atoms with Gasteiger partial charge >= 0.3 is 0 Å². The molecule has 0 unspecified atom stereocenters. The van der Waals surface area contributed by atoms with Gasteiger partial charge in [0.2, 0.25) is 0 Å². The van der Waals surface area contributed by atoms with Crippen molar-refractivity contribution >= 4 is 43.6 Å². The zero-order valence-corrected chi connectivity index (χ0v) is 27.6. The number of aromatic nitrogens is 3. The lowest BCUT2D eigenvalue weighted by Gasteiger charge is -2.30. The van der Waals surface area contributed by atoms with Crippen LogP contribution in [0.4, 0.5) is 0 Å². The Labute approximate surface area is 294 Å². The van der Waals surface area contributed by atoms with E-state index in [0.717, 1.165) is 17.1 Å². The molecule has 0 radical (unpaired) electrons. The summed E-state index contributed by atoms with van der Waals surface area (Å²) in [6, 6.07) is 62.7. The van der Waals surface area contributed by atoms with E-state index < -0.39 is 5.41 Å². The predicted molar refractivity (Wildman–Crippen MR) is 209 cm³/mol. The SMILES string of the molecule is c1ccc2c(c1)-c1ncccc1C21c2ccc(-n3c4ccccc4c4ccccc43)cc2-c2cc(-n3c4ccccc4c4ccccc43)ccc21. The van der Waals surface area contributed by atoms with E-state index in [0.29, 0.717) is 0 Å². The van der Waals surface area contributed by atoms with Crippen LogP contribution in [0.2, 0.25) is 0 Å². The Kier molecular flexibility index (Phi) is 5.17. The molecular formula is C48H29N3. The van der Waals surface area contributed by atoms with Crippen LogP contribution in [0.5, 0.6) is 0 Å².